The Morgan fingerprint density at radius 2 is 2.00 bits per heavy atom. The van der Waals surface area contributed by atoms with E-state index in [2.05, 4.69) is 5.32 Å². The van der Waals surface area contributed by atoms with Gasteiger partial charge in [0.05, 0.1) is 6.54 Å². The zero-order chi connectivity index (χ0) is 14.1. The summed E-state index contributed by atoms with van der Waals surface area (Å²) in [6.45, 7) is 3.40. The molecule has 2 amide bonds. The quantitative estimate of drug-likeness (QED) is 0.611. The van der Waals surface area contributed by atoms with Crippen molar-refractivity contribution in [2.45, 2.75) is 26.4 Å². The van der Waals surface area contributed by atoms with Crippen molar-refractivity contribution < 1.29 is 24.2 Å². The lowest BCUT2D eigenvalue weighted by Crippen LogP contribution is -2.40. The van der Waals surface area contributed by atoms with Crippen LogP contribution in [-0.4, -0.2) is 60.6 Å². The Morgan fingerprint density at radius 3 is 2.50 bits per heavy atom. The van der Waals surface area contributed by atoms with Gasteiger partial charge < -0.3 is 20.1 Å². The van der Waals surface area contributed by atoms with Crippen molar-refractivity contribution in [2.24, 2.45) is 0 Å². The summed E-state index contributed by atoms with van der Waals surface area (Å²) in [4.78, 5) is 34.5. The third kappa shape index (κ3) is 6.85. The van der Waals surface area contributed by atoms with E-state index in [1.807, 2.05) is 6.92 Å². The molecule has 0 radical (unpaired) electrons. The van der Waals surface area contributed by atoms with E-state index in [9.17, 15) is 14.4 Å². The van der Waals surface area contributed by atoms with Crippen molar-refractivity contribution in [3.05, 3.63) is 0 Å². The molecule has 0 saturated carbocycles. The number of hydrogen-bond acceptors (Lipinski definition) is 4. The van der Waals surface area contributed by atoms with Crippen LogP contribution in [0.1, 0.15) is 20.3 Å². The highest BCUT2D eigenvalue weighted by molar-refractivity contribution is 5.85. The molecular formula is C11H20N2O5. The fraction of sp³-hybridized carbons (Fsp3) is 0.727. The Hall–Kier alpha value is -1.63. The summed E-state index contributed by atoms with van der Waals surface area (Å²) in [5.74, 6) is -1.82. The molecule has 0 heterocycles. The molecule has 0 fully saturated rings. The average Bonchev–Trinajstić information content (AvgIpc) is 2.32. The number of ether oxygens (including phenoxy) is 1. The first kappa shape index (κ1) is 16.4. The molecule has 0 aliphatic carbocycles. The molecule has 0 aliphatic rings. The van der Waals surface area contributed by atoms with Gasteiger partial charge in [0.2, 0.25) is 11.8 Å². The fourth-order valence-electron chi connectivity index (χ4n) is 1.00. The first-order chi connectivity index (χ1) is 8.38. The fourth-order valence-corrected chi connectivity index (χ4v) is 1.00. The standard InChI is InChI=1S/C11H20N2O5/c1-4-5-12-9(14)6-13(3)10(15)7-18-8(2)11(16)17/h8H,4-7H2,1-3H3,(H,12,14)(H,16,17)/t8-/m1/s1. The van der Waals surface area contributed by atoms with Crippen molar-refractivity contribution in [2.75, 3.05) is 26.7 Å². The minimum atomic E-state index is -1.13. The van der Waals surface area contributed by atoms with Crippen LogP contribution in [-0.2, 0) is 19.1 Å². The largest absolute Gasteiger partial charge is 0.479 e. The van der Waals surface area contributed by atoms with E-state index in [0.29, 0.717) is 6.54 Å². The summed E-state index contributed by atoms with van der Waals surface area (Å²) in [5.41, 5.74) is 0. The highest BCUT2D eigenvalue weighted by atomic mass is 16.5. The van der Waals surface area contributed by atoms with Crippen molar-refractivity contribution >= 4 is 17.8 Å². The zero-order valence-corrected chi connectivity index (χ0v) is 10.9. The summed E-state index contributed by atoms with van der Waals surface area (Å²) in [6, 6.07) is 0. The molecule has 0 saturated heterocycles. The Labute approximate surface area is 106 Å². The maximum atomic E-state index is 11.5. The van der Waals surface area contributed by atoms with Crippen molar-refractivity contribution in [3.63, 3.8) is 0 Å². The molecular weight excluding hydrogens is 240 g/mol. The molecule has 7 heteroatoms. The summed E-state index contributed by atoms with van der Waals surface area (Å²) < 4.78 is 4.83. The van der Waals surface area contributed by atoms with E-state index in [0.717, 1.165) is 6.42 Å². The number of nitrogens with one attached hydrogen (secondary N) is 1. The summed E-state index contributed by atoms with van der Waals surface area (Å²) in [7, 11) is 1.46. The maximum Gasteiger partial charge on any atom is 0.332 e. The number of nitrogens with zero attached hydrogens (tertiary/aromatic N) is 1. The molecule has 0 rings (SSSR count). The number of carboxylic acid groups (broad SMARTS) is 1. The highest BCUT2D eigenvalue weighted by Crippen LogP contribution is 1.93. The highest BCUT2D eigenvalue weighted by Gasteiger charge is 2.16. The van der Waals surface area contributed by atoms with Crippen LogP contribution < -0.4 is 5.32 Å². The molecule has 0 bridgehead atoms. The third-order valence-electron chi connectivity index (χ3n) is 2.18. The van der Waals surface area contributed by atoms with Crippen LogP contribution in [0.15, 0.2) is 0 Å². The maximum absolute atomic E-state index is 11.5. The minimum Gasteiger partial charge on any atom is -0.479 e. The average molecular weight is 260 g/mol. The molecule has 0 unspecified atom stereocenters. The van der Waals surface area contributed by atoms with Gasteiger partial charge in [-0.2, -0.15) is 0 Å². The number of carboxylic acids is 1. The number of likely N-dealkylation sites (N-methyl/N-ethyl adjacent to an activating group) is 1. The van der Waals surface area contributed by atoms with Gasteiger partial charge in [-0.05, 0) is 13.3 Å². The van der Waals surface area contributed by atoms with Crippen molar-refractivity contribution in [1.29, 1.82) is 0 Å². The summed E-state index contributed by atoms with van der Waals surface area (Å²) in [5, 5.41) is 11.2. The Morgan fingerprint density at radius 1 is 1.39 bits per heavy atom. The van der Waals surface area contributed by atoms with Crippen LogP contribution in [0.2, 0.25) is 0 Å². The second-order valence-corrected chi connectivity index (χ2v) is 3.89. The third-order valence-corrected chi connectivity index (χ3v) is 2.18. The van der Waals surface area contributed by atoms with Gasteiger partial charge in [0.1, 0.15) is 6.61 Å². The summed E-state index contributed by atoms with van der Waals surface area (Å²) in [6.07, 6.45) is -0.223. The second kappa shape index (κ2) is 8.46. The molecule has 18 heavy (non-hydrogen) atoms. The lowest BCUT2D eigenvalue weighted by atomic mass is 10.4. The predicted octanol–water partition coefficient (Wildman–Crippen LogP) is -0.539. The van der Waals surface area contributed by atoms with E-state index >= 15 is 0 Å². The Kier molecular flexibility index (Phi) is 7.69. The molecule has 0 aromatic rings. The normalized spacial score (nSPS) is 11.7. The monoisotopic (exact) mass is 260 g/mol. The number of carbonyl (C=O) groups is 3. The van der Waals surface area contributed by atoms with Gasteiger partial charge in [0.25, 0.3) is 0 Å². The minimum absolute atomic E-state index is 0.0658. The van der Waals surface area contributed by atoms with E-state index in [4.69, 9.17) is 9.84 Å². The number of hydrogen-bond donors (Lipinski definition) is 2. The number of aliphatic carboxylic acids is 1. The van der Waals surface area contributed by atoms with Crippen LogP contribution in [0.4, 0.5) is 0 Å². The summed E-state index contributed by atoms with van der Waals surface area (Å²) >= 11 is 0. The van der Waals surface area contributed by atoms with Gasteiger partial charge in [-0.15, -0.1) is 0 Å². The number of amides is 2. The van der Waals surface area contributed by atoms with E-state index in [1.54, 1.807) is 0 Å². The predicted molar refractivity (Wildman–Crippen MR) is 64.0 cm³/mol. The number of rotatable bonds is 8. The lowest BCUT2D eigenvalue weighted by molar-refractivity contribution is -0.153. The molecule has 0 aromatic heterocycles. The lowest BCUT2D eigenvalue weighted by Gasteiger charge is -2.17. The zero-order valence-electron chi connectivity index (χ0n) is 10.9. The van der Waals surface area contributed by atoms with Gasteiger partial charge in [-0.1, -0.05) is 6.92 Å². The molecule has 0 aliphatic heterocycles. The molecule has 2 N–H and O–H groups in total. The topological polar surface area (TPSA) is 95.9 Å². The van der Waals surface area contributed by atoms with Crippen LogP contribution in [0.25, 0.3) is 0 Å². The first-order valence-electron chi connectivity index (χ1n) is 5.73. The van der Waals surface area contributed by atoms with Gasteiger partial charge in [0.15, 0.2) is 6.10 Å². The van der Waals surface area contributed by atoms with Gasteiger partial charge in [-0.3, -0.25) is 9.59 Å². The Balaban J connectivity index is 3.96. The molecule has 7 nitrogen and oxygen atoms in total. The van der Waals surface area contributed by atoms with Crippen molar-refractivity contribution in [3.8, 4) is 0 Å². The molecule has 0 spiro atoms. The van der Waals surface area contributed by atoms with Crippen LogP contribution in [0, 0.1) is 0 Å². The van der Waals surface area contributed by atoms with E-state index in [1.165, 1.54) is 18.9 Å². The van der Waals surface area contributed by atoms with E-state index in [-0.39, 0.29) is 19.1 Å². The first-order valence-corrected chi connectivity index (χ1v) is 5.73. The van der Waals surface area contributed by atoms with Crippen LogP contribution in [0.3, 0.4) is 0 Å². The SMILES string of the molecule is CCCNC(=O)CN(C)C(=O)CO[C@H](C)C(=O)O. The molecule has 104 valence electrons. The number of carbonyl (C=O) groups excluding carboxylic acids is 2. The van der Waals surface area contributed by atoms with Gasteiger partial charge in [-0.25, -0.2) is 4.79 Å². The van der Waals surface area contributed by atoms with E-state index < -0.39 is 18.0 Å². The smallest absolute Gasteiger partial charge is 0.332 e. The Bertz CT molecular complexity index is 306. The van der Waals surface area contributed by atoms with Crippen LogP contribution >= 0.6 is 0 Å². The molecule has 0 aromatic carbocycles. The molecule has 1 atom stereocenters. The van der Waals surface area contributed by atoms with Crippen LogP contribution in [0.5, 0.6) is 0 Å². The van der Waals surface area contributed by atoms with Crippen molar-refractivity contribution in [1.82, 2.24) is 10.2 Å². The van der Waals surface area contributed by atoms with Gasteiger partial charge >= 0.3 is 5.97 Å². The second-order valence-electron chi connectivity index (χ2n) is 3.89. The van der Waals surface area contributed by atoms with Gasteiger partial charge in [0, 0.05) is 13.6 Å².